The molecule has 2 rings (SSSR count). The van der Waals surface area contributed by atoms with Crippen LogP contribution in [0.4, 0.5) is 0 Å². The quantitative estimate of drug-likeness (QED) is 0.767. The smallest absolute Gasteiger partial charge is 0.303 e. The van der Waals surface area contributed by atoms with Gasteiger partial charge in [0.1, 0.15) is 5.60 Å². The second kappa shape index (κ2) is 6.03. The lowest BCUT2D eigenvalue weighted by Gasteiger charge is -2.31. The van der Waals surface area contributed by atoms with Gasteiger partial charge in [-0.15, -0.1) is 0 Å². The van der Waals surface area contributed by atoms with Gasteiger partial charge in [0.25, 0.3) is 0 Å². The molecular weight excluding hydrogens is 256 g/mol. The average molecular weight is 274 g/mol. The molecule has 0 aromatic heterocycles. The second-order valence-electron chi connectivity index (χ2n) is 5.00. The van der Waals surface area contributed by atoms with Crippen molar-refractivity contribution in [1.29, 1.82) is 0 Å². The molecular formula is C16H18O4. The van der Waals surface area contributed by atoms with Crippen LogP contribution >= 0.6 is 0 Å². The fourth-order valence-electron chi connectivity index (χ4n) is 2.25. The maximum atomic E-state index is 10.5. The van der Waals surface area contributed by atoms with Crippen molar-refractivity contribution < 1.29 is 20.1 Å². The molecule has 4 heteroatoms. The predicted molar refractivity (Wildman–Crippen MR) is 76.0 cm³/mol. The SMILES string of the molecule is O=C(O)CCC(O)C1(O)C=CC(c2ccccc2)=CC1. The van der Waals surface area contributed by atoms with E-state index in [4.69, 9.17) is 5.11 Å². The first-order chi connectivity index (χ1) is 9.51. The van der Waals surface area contributed by atoms with Gasteiger partial charge in [-0.25, -0.2) is 0 Å². The second-order valence-corrected chi connectivity index (χ2v) is 5.00. The van der Waals surface area contributed by atoms with Gasteiger partial charge in [-0.2, -0.15) is 0 Å². The van der Waals surface area contributed by atoms with Crippen LogP contribution in [0.3, 0.4) is 0 Å². The van der Waals surface area contributed by atoms with Crippen molar-refractivity contribution in [2.45, 2.75) is 31.0 Å². The summed E-state index contributed by atoms with van der Waals surface area (Å²) in [4.78, 5) is 10.5. The van der Waals surface area contributed by atoms with Gasteiger partial charge in [0, 0.05) is 12.8 Å². The summed E-state index contributed by atoms with van der Waals surface area (Å²) in [7, 11) is 0. The van der Waals surface area contributed by atoms with Gasteiger partial charge < -0.3 is 15.3 Å². The number of carboxylic acids is 1. The molecule has 4 nitrogen and oxygen atoms in total. The van der Waals surface area contributed by atoms with E-state index in [-0.39, 0.29) is 19.3 Å². The van der Waals surface area contributed by atoms with Crippen molar-refractivity contribution in [2.75, 3.05) is 0 Å². The van der Waals surface area contributed by atoms with Crippen LogP contribution in [0.15, 0.2) is 48.6 Å². The van der Waals surface area contributed by atoms with Crippen molar-refractivity contribution in [1.82, 2.24) is 0 Å². The Morgan fingerprint density at radius 1 is 1.30 bits per heavy atom. The number of carbonyl (C=O) groups is 1. The minimum Gasteiger partial charge on any atom is -0.481 e. The molecule has 1 aliphatic rings. The van der Waals surface area contributed by atoms with Gasteiger partial charge in [-0.3, -0.25) is 4.79 Å². The molecule has 2 unspecified atom stereocenters. The molecule has 1 aromatic rings. The number of hydrogen-bond acceptors (Lipinski definition) is 3. The standard InChI is InChI=1S/C16H18O4/c17-14(6-7-15(18)19)16(20)10-8-13(9-11-16)12-4-2-1-3-5-12/h1-5,8-10,14,17,20H,6-7,11H2,(H,18,19). The lowest BCUT2D eigenvalue weighted by atomic mass is 9.84. The van der Waals surface area contributed by atoms with Gasteiger partial charge in [-0.1, -0.05) is 42.5 Å². The maximum Gasteiger partial charge on any atom is 0.303 e. The topological polar surface area (TPSA) is 77.8 Å². The first kappa shape index (κ1) is 14.5. The number of carboxylic acid groups (broad SMARTS) is 1. The summed E-state index contributed by atoms with van der Waals surface area (Å²) in [6, 6.07) is 9.75. The Morgan fingerprint density at radius 2 is 2.00 bits per heavy atom. The Hall–Kier alpha value is -1.91. The van der Waals surface area contributed by atoms with Crippen molar-refractivity contribution >= 4 is 11.5 Å². The van der Waals surface area contributed by atoms with Crippen molar-refractivity contribution in [2.24, 2.45) is 0 Å². The summed E-state index contributed by atoms with van der Waals surface area (Å²) in [6.07, 6.45) is 4.25. The zero-order valence-corrected chi connectivity index (χ0v) is 11.1. The third-order valence-electron chi connectivity index (χ3n) is 3.52. The highest BCUT2D eigenvalue weighted by atomic mass is 16.4. The molecule has 0 spiro atoms. The molecule has 106 valence electrons. The Labute approximate surface area is 117 Å². The summed E-state index contributed by atoms with van der Waals surface area (Å²) < 4.78 is 0. The van der Waals surface area contributed by atoms with Crippen LogP contribution < -0.4 is 0 Å². The summed E-state index contributed by atoms with van der Waals surface area (Å²) >= 11 is 0. The van der Waals surface area contributed by atoms with Crippen molar-refractivity contribution in [3.8, 4) is 0 Å². The van der Waals surface area contributed by atoms with Crippen LogP contribution in [0, 0.1) is 0 Å². The average Bonchev–Trinajstić information content (AvgIpc) is 2.46. The molecule has 0 amide bonds. The number of benzene rings is 1. The van der Waals surface area contributed by atoms with Crippen LogP contribution in [0.1, 0.15) is 24.8 Å². The largest absolute Gasteiger partial charge is 0.481 e. The van der Waals surface area contributed by atoms with E-state index in [0.29, 0.717) is 0 Å². The molecule has 20 heavy (non-hydrogen) atoms. The minimum absolute atomic E-state index is 0.0324. The molecule has 0 aliphatic heterocycles. The third-order valence-corrected chi connectivity index (χ3v) is 3.52. The van der Waals surface area contributed by atoms with E-state index in [9.17, 15) is 15.0 Å². The van der Waals surface area contributed by atoms with Crippen LogP contribution in [0.2, 0.25) is 0 Å². The number of allylic oxidation sites excluding steroid dienone is 2. The highest BCUT2D eigenvalue weighted by Crippen LogP contribution is 2.30. The zero-order chi connectivity index (χ0) is 14.6. The first-order valence-electron chi connectivity index (χ1n) is 6.58. The molecule has 3 N–H and O–H groups in total. The minimum atomic E-state index is -1.38. The van der Waals surface area contributed by atoms with E-state index in [2.05, 4.69) is 0 Å². The number of aliphatic hydroxyl groups excluding tert-OH is 1. The van der Waals surface area contributed by atoms with E-state index >= 15 is 0 Å². The number of aliphatic carboxylic acids is 1. The van der Waals surface area contributed by atoms with Gasteiger partial charge >= 0.3 is 5.97 Å². The molecule has 0 fully saturated rings. The first-order valence-corrected chi connectivity index (χ1v) is 6.58. The number of rotatable bonds is 5. The van der Waals surface area contributed by atoms with E-state index in [1.54, 1.807) is 12.2 Å². The van der Waals surface area contributed by atoms with Crippen LogP contribution in [0.25, 0.3) is 5.57 Å². The maximum absolute atomic E-state index is 10.5. The van der Waals surface area contributed by atoms with E-state index in [1.807, 2.05) is 36.4 Å². The highest BCUT2D eigenvalue weighted by Gasteiger charge is 2.33. The Balaban J connectivity index is 2.04. The monoisotopic (exact) mass is 274 g/mol. The fraction of sp³-hybridized carbons (Fsp3) is 0.312. The fourth-order valence-corrected chi connectivity index (χ4v) is 2.25. The summed E-state index contributed by atoms with van der Waals surface area (Å²) in [5.41, 5.74) is 0.653. The van der Waals surface area contributed by atoms with Crippen molar-refractivity contribution in [3.05, 3.63) is 54.1 Å². The Bertz CT molecular complexity index is 533. The molecule has 2 atom stereocenters. The van der Waals surface area contributed by atoms with Crippen LogP contribution in [0.5, 0.6) is 0 Å². The molecule has 0 heterocycles. The molecule has 1 aromatic carbocycles. The lowest BCUT2D eigenvalue weighted by Crippen LogP contribution is -2.41. The van der Waals surface area contributed by atoms with Crippen molar-refractivity contribution in [3.63, 3.8) is 0 Å². The van der Waals surface area contributed by atoms with E-state index < -0.39 is 17.7 Å². The Kier molecular flexibility index (Phi) is 4.37. The predicted octanol–water partition coefficient (Wildman–Crippen LogP) is 1.99. The molecule has 0 bridgehead atoms. The Morgan fingerprint density at radius 3 is 2.55 bits per heavy atom. The summed E-state index contributed by atoms with van der Waals surface area (Å²) in [5, 5.41) is 28.9. The molecule has 0 saturated heterocycles. The molecule has 0 radical (unpaired) electrons. The third kappa shape index (κ3) is 3.35. The molecule has 1 aliphatic carbocycles. The van der Waals surface area contributed by atoms with Gasteiger partial charge in [0.05, 0.1) is 6.10 Å². The van der Waals surface area contributed by atoms with Crippen LogP contribution in [-0.4, -0.2) is 33.0 Å². The highest BCUT2D eigenvalue weighted by molar-refractivity contribution is 5.75. The van der Waals surface area contributed by atoms with Gasteiger partial charge in [0.15, 0.2) is 0 Å². The normalized spacial score (nSPS) is 23.2. The van der Waals surface area contributed by atoms with E-state index in [0.717, 1.165) is 11.1 Å². The zero-order valence-electron chi connectivity index (χ0n) is 11.1. The number of aliphatic hydroxyl groups is 2. The lowest BCUT2D eigenvalue weighted by molar-refractivity contribution is -0.138. The van der Waals surface area contributed by atoms with Gasteiger partial charge in [-0.05, 0) is 23.6 Å². The van der Waals surface area contributed by atoms with Gasteiger partial charge in [0.2, 0.25) is 0 Å². The summed E-state index contributed by atoms with van der Waals surface area (Å²) in [6.45, 7) is 0. The van der Waals surface area contributed by atoms with Crippen LogP contribution in [-0.2, 0) is 4.79 Å². The van der Waals surface area contributed by atoms with E-state index in [1.165, 1.54) is 0 Å². The summed E-state index contributed by atoms with van der Waals surface area (Å²) in [5.74, 6) is -0.979. The molecule has 0 saturated carbocycles. The number of hydrogen-bond donors (Lipinski definition) is 3.